The van der Waals surface area contributed by atoms with Crippen molar-refractivity contribution in [2.75, 3.05) is 19.6 Å². The molecule has 0 amide bonds. The SMILES string of the molecule is Cc1nnc2n1-c1sc(CCCN3CCC(C(c4ccccc4)c4ccccc4)CC3)cc1C(c1ccccc1Cl)=NC2C. The molecule has 44 heavy (non-hydrogen) atoms. The summed E-state index contributed by atoms with van der Waals surface area (Å²) in [5, 5.41) is 10.8. The van der Waals surface area contributed by atoms with E-state index in [9.17, 15) is 0 Å². The summed E-state index contributed by atoms with van der Waals surface area (Å²) < 4.78 is 2.20. The van der Waals surface area contributed by atoms with Gasteiger partial charge in [-0.1, -0.05) is 90.5 Å². The molecular weight excluding hydrogens is 582 g/mol. The van der Waals surface area contributed by atoms with Crippen molar-refractivity contribution < 1.29 is 0 Å². The maximum absolute atomic E-state index is 6.70. The van der Waals surface area contributed by atoms with Gasteiger partial charge in [-0.15, -0.1) is 21.5 Å². The Balaban J connectivity index is 1.05. The Morgan fingerprint density at radius 1 is 0.864 bits per heavy atom. The van der Waals surface area contributed by atoms with Gasteiger partial charge < -0.3 is 4.90 Å². The largest absolute Gasteiger partial charge is 0.303 e. The first-order valence-electron chi connectivity index (χ1n) is 15.8. The second kappa shape index (κ2) is 12.8. The van der Waals surface area contributed by atoms with Crippen LogP contribution in [0.1, 0.15) is 76.9 Å². The van der Waals surface area contributed by atoms with E-state index in [-0.39, 0.29) is 6.04 Å². The van der Waals surface area contributed by atoms with Gasteiger partial charge in [0.25, 0.3) is 0 Å². The van der Waals surface area contributed by atoms with Gasteiger partial charge in [-0.25, -0.2) is 0 Å². The van der Waals surface area contributed by atoms with E-state index in [4.69, 9.17) is 16.6 Å². The first-order valence-corrected chi connectivity index (χ1v) is 17.0. The Bertz CT molecular complexity index is 1710. The van der Waals surface area contributed by atoms with Crippen molar-refractivity contribution in [3.8, 4) is 5.00 Å². The van der Waals surface area contributed by atoms with E-state index in [0.717, 1.165) is 71.0 Å². The van der Waals surface area contributed by atoms with E-state index in [1.54, 1.807) is 0 Å². The molecule has 5 aromatic rings. The van der Waals surface area contributed by atoms with Gasteiger partial charge in [0.1, 0.15) is 16.9 Å². The number of aliphatic imine (C=N–C) groups is 1. The van der Waals surface area contributed by atoms with Gasteiger partial charge in [0.2, 0.25) is 0 Å². The van der Waals surface area contributed by atoms with Gasteiger partial charge in [-0.2, -0.15) is 0 Å². The fourth-order valence-corrected chi connectivity index (χ4v) is 8.50. The fraction of sp³-hybridized carbons (Fsp3) is 0.324. The Kier molecular flexibility index (Phi) is 8.48. The zero-order valence-corrected chi connectivity index (χ0v) is 26.9. The van der Waals surface area contributed by atoms with Crippen molar-refractivity contribution in [3.63, 3.8) is 0 Å². The highest BCUT2D eigenvalue weighted by molar-refractivity contribution is 7.15. The highest BCUT2D eigenvalue weighted by atomic mass is 35.5. The molecule has 1 atom stereocenters. The predicted molar refractivity (Wildman–Crippen MR) is 182 cm³/mol. The highest BCUT2D eigenvalue weighted by Crippen LogP contribution is 2.39. The standard InChI is InChI=1S/C37H38ClN5S/c1-25-36-41-40-26(2)43(36)37-32(35(39-25)31-17-9-10-18-33(31)38)24-30(44-37)16-11-21-42-22-19-29(20-23-42)34(27-12-5-3-6-13-27)28-14-7-4-8-15-28/h3-10,12-15,17-18,24-25,29,34H,11,16,19-23H2,1-2H3. The third-order valence-electron chi connectivity index (χ3n) is 9.22. The second-order valence-electron chi connectivity index (χ2n) is 12.1. The van der Waals surface area contributed by atoms with Gasteiger partial charge in [0.05, 0.1) is 5.71 Å². The van der Waals surface area contributed by atoms with Crippen LogP contribution in [0.2, 0.25) is 5.02 Å². The van der Waals surface area contributed by atoms with Crippen LogP contribution in [0, 0.1) is 12.8 Å². The molecule has 2 aromatic heterocycles. The molecule has 2 aliphatic heterocycles. The third-order valence-corrected chi connectivity index (χ3v) is 10.7. The van der Waals surface area contributed by atoms with Crippen LogP contribution in [0.4, 0.5) is 0 Å². The number of benzene rings is 3. The van der Waals surface area contributed by atoms with Crippen LogP contribution in [-0.2, 0) is 6.42 Å². The van der Waals surface area contributed by atoms with Gasteiger partial charge in [0, 0.05) is 26.9 Å². The molecule has 0 bridgehead atoms. The van der Waals surface area contributed by atoms with Crippen LogP contribution < -0.4 is 0 Å². The van der Waals surface area contributed by atoms with Crippen LogP contribution in [0.15, 0.2) is 96.0 Å². The Hall–Kier alpha value is -3.58. The number of aromatic nitrogens is 3. The number of halogens is 1. The van der Waals surface area contributed by atoms with Crippen molar-refractivity contribution in [2.24, 2.45) is 10.9 Å². The summed E-state index contributed by atoms with van der Waals surface area (Å²) in [6.07, 6.45) is 4.63. The zero-order valence-electron chi connectivity index (χ0n) is 25.4. The molecule has 7 heteroatoms. The average Bonchev–Trinajstić information content (AvgIpc) is 3.62. The smallest absolute Gasteiger partial charge is 0.162 e. The molecule has 0 aliphatic carbocycles. The van der Waals surface area contributed by atoms with Crippen LogP contribution in [0.3, 0.4) is 0 Å². The lowest BCUT2D eigenvalue weighted by Gasteiger charge is -2.36. The number of fused-ring (bicyclic) bond motifs is 3. The van der Waals surface area contributed by atoms with Crippen molar-refractivity contribution in [2.45, 2.75) is 51.5 Å². The van der Waals surface area contributed by atoms with E-state index in [2.05, 4.69) is 99.4 Å². The summed E-state index contributed by atoms with van der Waals surface area (Å²) in [5.74, 6) is 2.90. The minimum atomic E-state index is -0.114. The summed E-state index contributed by atoms with van der Waals surface area (Å²) in [4.78, 5) is 9.18. The normalized spacial score (nSPS) is 17.3. The molecule has 1 saturated heterocycles. The van der Waals surface area contributed by atoms with E-state index in [1.807, 2.05) is 36.5 Å². The first-order chi connectivity index (χ1) is 21.6. The summed E-state index contributed by atoms with van der Waals surface area (Å²) in [6.45, 7) is 7.55. The van der Waals surface area contributed by atoms with E-state index in [1.165, 1.54) is 28.8 Å². The van der Waals surface area contributed by atoms with Gasteiger partial charge in [-0.05, 0) is 88.3 Å². The zero-order chi connectivity index (χ0) is 30.0. The molecule has 7 rings (SSSR count). The quantitative estimate of drug-likeness (QED) is 0.175. The molecule has 4 heterocycles. The lowest BCUT2D eigenvalue weighted by Crippen LogP contribution is -2.36. The molecule has 2 aliphatic rings. The lowest BCUT2D eigenvalue weighted by atomic mass is 9.76. The summed E-state index contributed by atoms with van der Waals surface area (Å²) >= 11 is 8.54. The molecule has 0 radical (unpaired) electrons. The number of hydrogen-bond donors (Lipinski definition) is 0. The molecule has 5 nitrogen and oxygen atoms in total. The maximum Gasteiger partial charge on any atom is 0.162 e. The molecule has 1 unspecified atom stereocenters. The van der Waals surface area contributed by atoms with Crippen LogP contribution in [-0.4, -0.2) is 45.0 Å². The van der Waals surface area contributed by atoms with Crippen molar-refractivity contribution in [1.29, 1.82) is 0 Å². The summed E-state index contributed by atoms with van der Waals surface area (Å²) in [7, 11) is 0. The third kappa shape index (κ3) is 5.79. The molecule has 3 aromatic carbocycles. The Labute approximate surface area is 269 Å². The monoisotopic (exact) mass is 619 g/mol. The van der Waals surface area contributed by atoms with E-state index >= 15 is 0 Å². The van der Waals surface area contributed by atoms with Crippen molar-refractivity contribution in [3.05, 3.63) is 135 Å². The molecule has 0 saturated carbocycles. The topological polar surface area (TPSA) is 46.3 Å². The molecular formula is C37H38ClN5S. The van der Waals surface area contributed by atoms with Gasteiger partial charge in [0.15, 0.2) is 5.82 Å². The second-order valence-corrected chi connectivity index (χ2v) is 13.6. The Morgan fingerprint density at radius 3 is 2.20 bits per heavy atom. The molecule has 1 fully saturated rings. The van der Waals surface area contributed by atoms with Gasteiger partial charge >= 0.3 is 0 Å². The molecule has 0 spiro atoms. The van der Waals surface area contributed by atoms with E-state index < -0.39 is 0 Å². The average molecular weight is 620 g/mol. The van der Waals surface area contributed by atoms with Crippen LogP contribution in [0.5, 0.6) is 0 Å². The molecule has 0 N–H and O–H groups in total. The van der Waals surface area contributed by atoms with Crippen molar-refractivity contribution in [1.82, 2.24) is 19.7 Å². The number of piperidine rings is 1. The minimum Gasteiger partial charge on any atom is -0.303 e. The predicted octanol–water partition coefficient (Wildman–Crippen LogP) is 8.68. The lowest BCUT2D eigenvalue weighted by molar-refractivity contribution is 0.174. The first kappa shape index (κ1) is 29.1. The summed E-state index contributed by atoms with van der Waals surface area (Å²) in [5.41, 5.74) is 5.92. The van der Waals surface area contributed by atoms with E-state index in [0.29, 0.717) is 11.8 Å². The fourth-order valence-electron chi connectivity index (χ4n) is 7.02. The summed E-state index contributed by atoms with van der Waals surface area (Å²) in [6, 6.07) is 32.4. The number of nitrogens with zero attached hydrogens (tertiary/aromatic N) is 5. The number of hydrogen-bond acceptors (Lipinski definition) is 5. The number of thiophene rings is 1. The molecule has 224 valence electrons. The maximum atomic E-state index is 6.70. The highest BCUT2D eigenvalue weighted by Gasteiger charge is 2.30. The number of rotatable bonds is 8. The number of likely N-dealkylation sites (tertiary alicyclic amines) is 1. The van der Waals surface area contributed by atoms with Crippen molar-refractivity contribution >= 4 is 28.6 Å². The minimum absolute atomic E-state index is 0.114. The number of aryl methyl sites for hydroxylation is 2. The Morgan fingerprint density at radius 2 is 1.52 bits per heavy atom. The van der Waals surface area contributed by atoms with Gasteiger partial charge in [-0.3, -0.25) is 9.56 Å². The van der Waals surface area contributed by atoms with Crippen LogP contribution in [0.25, 0.3) is 5.00 Å². The van der Waals surface area contributed by atoms with Crippen LogP contribution >= 0.6 is 22.9 Å².